The summed E-state index contributed by atoms with van der Waals surface area (Å²) < 4.78 is 8.05. The quantitative estimate of drug-likeness (QED) is 0.761. The summed E-state index contributed by atoms with van der Waals surface area (Å²) in [6.07, 6.45) is 0.260. The molecule has 0 saturated carbocycles. The molecule has 1 N–H and O–H groups in total. The van der Waals surface area contributed by atoms with Crippen molar-refractivity contribution in [3.63, 3.8) is 0 Å². The molecule has 1 aromatic heterocycles. The fourth-order valence-corrected chi connectivity index (χ4v) is 3.25. The molecular weight excluding hydrogens is 345 g/mol. The van der Waals surface area contributed by atoms with Gasteiger partial charge in [-0.15, -0.1) is 0 Å². The van der Waals surface area contributed by atoms with Gasteiger partial charge in [0.05, 0.1) is 17.6 Å². The highest BCUT2D eigenvalue weighted by molar-refractivity contribution is 6.33. The van der Waals surface area contributed by atoms with Crippen molar-refractivity contribution in [2.75, 3.05) is 13.1 Å². The van der Waals surface area contributed by atoms with E-state index in [0.29, 0.717) is 16.6 Å². The number of rotatable bonds is 4. The van der Waals surface area contributed by atoms with Crippen LogP contribution in [0.15, 0.2) is 36.4 Å². The first kappa shape index (κ1) is 15.8. The van der Waals surface area contributed by atoms with E-state index in [2.05, 4.69) is 20.9 Å². The van der Waals surface area contributed by atoms with E-state index in [1.165, 1.54) is 0 Å². The molecule has 3 aromatic rings. The van der Waals surface area contributed by atoms with Crippen LogP contribution >= 0.6 is 23.2 Å². The number of imidazole rings is 1. The summed E-state index contributed by atoms with van der Waals surface area (Å²) in [5.41, 5.74) is 2.96. The SMILES string of the molecule is Cc1nc2cc(OC3CNC3)ccc2n1Cc1cc(Cl)ccc1Cl. The Labute approximate surface area is 150 Å². The number of nitrogens with zero attached hydrogens (tertiary/aromatic N) is 2. The topological polar surface area (TPSA) is 39.1 Å². The van der Waals surface area contributed by atoms with Gasteiger partial charge in [0.25, 0.3) is 0 Å². The van der Waals surface area contributed by atoms with Crippen LogP contribution in [-0.4, -0.2) is 28.7 Å². The van der Waals surface area contributed by atoms with Gasteiger partial charge in [0.2, 0.25) is 0 Å². The van der Waals surface area contributed by atoms with Gasteiger partial charge >= 0.3 is 0 Å². The van der Waals surface area contributed by atoms with Crippen molar-refractivity contribution in [2.24, 2.45) is 0 Å². The molecular formula is C18H17Cl2N3O. The zero-order chi connectivity index (χ0) is 16.7. The average Bonchev–Trinajstić information content (AvgIpc) is 2.82. The molecule has 1 fully saturated rings. The molecule has 6 heteroatoms. The first-order valence-corrected chi connectivity index (χ1v) is 8.64. The summed E-state index contributed by atoms with van der Waals surface area (Å²) in [7, 11) is 0. The van der Waals surface area contributed by atoms with E-state index >= 15 is 0 Å². The van der Waals surface area contributed by atoms with Crippen molar-refractivity contribution in [3.05, 3.63) is 57.8 Å². The van der Waals surface area contributed by atoms with Gasteiger partial charge in [-0.1, -0.05) is 23.2 Å². The Morgan fingerprint density at radius 1 is 1.21 bits per heavy atom. The van der Waals surface area contributed by atoms with Crippen molar-refractivity contribution < 1.29 is 4.74 Å². The van der Waals surface area contributed by atoms with Gasteiger partial charge in [-0.3, -0.25) is 0 Å². The predicted molar refractivity (Wildman–Crippen MR) is 97.3 cm³/mol. The van der Waals surface area contributed by atoms with Crippen molar-refractivity contribution in [1.29, 1.82) is 0 Å². The lowest BCUT2D eigenvalue weighted by Gasteiger charge is -2.27. The van der Waals surface area contributed by atoms with Gasteiger partial charge < -0.3 is 14.6 Å². The Kier molecular flexibility index (Phi) is 4.12. The largest absolute Gasteiger partial charge is 0.488 e. The minimum atomic E-state index is 0.260. The molecule has 4 rings (SSSR count). The molecule has 124 valence electrons. The smallest absolute Gasteiger partial charge is 0.123 e. The van der Waals surface area contributed by atoms with Gasteiger partial charge in [0.15, 0.2) is 0 Å². The molecule has 1 aliphatic rings. The highest BCUT2D eigenvalue weighted by atomic mass is 35.5. The molecule has 0 aliphatic carbocycles. The highest BCUT2D eigenvalue weighted by Gasteiger charge is 2.19. The van der Waals surface area contributed by atoms with Crippen LogP contribution in [0.3, 0.4) is 0 Å². The molecule has 0 atom stereocenters. The van der Waals surface area contributed by atoms with Crippen LogP contribution in [0, 0.1) is 6.92 Å². The highest BCUT2D eigenvalue weighted by Crippen LogP contribution is 2.26. The summed E-state index contributed by atoms with van der Waals surface area (Å²) in [4.78, 5) is 4.66. The number of hydrogen-bond donors (Lipinski definition) is 1. The Morgan fingerprint density at radius 2 is 2.04 bits per heavy atom. The zero-order valence-electron chi connectivity index (χ0n) is 13.2. The number of aromatic nitrogens is 2. The van der Waals surface area contributed by atoms with E-state index in [4.69, 9.17) is 27.9 Å². The molecule has 0 spiro atoms. The third kappa shape index (κ3) is 2.97. The van der Waals surface area contributed by atoms with Gasteiger partial charge in [-0.2, -0.15) is 0 Å². The molecule has 1 saturated heterocycles. The van der Waals surface area contributed by atoms with Gasteiger partial charge in [-0.25, -0.2) is 4.98 Å². The van der Waals surface area contributed by atoms with E-state index in [1.54, 1.807) is 6.07 Å². The molecule has 2 aromatic carbocycles. The molecule has 4 nitrogen and oxygen atoms in total. The second-order valence-electron chi connectivity index (χ2n) is 6.03. The third-order valence-corrected chi connectivity index (χ3v) is 4.90. The Bertz CT molecular complexity index is 903. The van der Waals surface area contributed by atoms with Crippen molar-refractivity contribution in [2.45, 2.75) is 19.6 Å². The van der Waals surface area contributed by atoms with Crippen LogP contribution in [0.5, 0.6) is 5.75 Å². The number of nitrogens with one attached hydrogen (secondary N) is 1. The second-order valence-corrected chi connectivity index (χ2v) is 6.87. The van der Waals surface area contributed by atoms with Crippen LogP contribution < -0.4 is 10.1 Å². The lowest BCUT2D eigenvalue weighted by Crippen LogP contribution is -2.50. The maximum absolute atomic E-state index is 6.30. The van der Waals surface area contributed by atoms with E-state index in [1.807, 2.05) is 31.2 Å². The van der Waals surface area contributed by atoms with E-state index in [0.717, 1.165) is 41.3 Å². The average molecular weight is 362 g/mol. The zero-order valence-corrected chi connectivity index (χ0v) is 14.7. The molecule has 2 heterocycles. The van der Waals surface area contributed by atoms with Crippen molar-refractivity contribution in [3.8, 4) is 5.75 Å². The van der Waals surface area contributed by atoms with E-state index in [9.17, 15) is 0 Å². The number of ether oxygens (including phenoxy) is 1. The Morgan fingerprint density at radius 3 is 2.79 bits per heavy atom. The van der Waals surface area contributed by atoms with Gasteiger partial charge in [0.1, 0.15) is 17.7 Å². The molecule has 0 unspecified atom stereocenters. The van der Waals surface area contributed by atoms with Gasteiger partial charge in [-0.05, 0) is 42.8 Å². The van der Waals surface area contributed by atoms with Crippen LogP contribution in [0.4, 0.5) is 0 Å². The van der Waals surface area contributed by atoms with Crippen molar-refractivity contribution in [1.82, 2.24) is 14.9 Å². The van der Waals surface area contributed by atoms with Gasteiger partial charge in [0, 0.05) is 29.2 Å². The lowest BCUT2D eigenvalue weighted by molar-refractivity contribution is 0.142. The number of fused-ring (bicyclic) bond motifs is 1. The van der Waals surface area contributed by atoms with Crippen molar-refractivity contribution >= 4 is 34.2 Å². The van der Waals surface area contributed by atoms with E-state index < -0.39 is 0 Å². The first-order valence-electron chi connectivity index (χ1n) is 7.88. The summed E-state index contributed by atoms with van der Waals surface area (Å²) in [5.74, 6) is 1.79. The normalized spacial score (nSPS) is 14.8. The van der Waals surface area contributed by atoms with Crippen LogP contribution in [0.25, 0.3) is 11.0 Å². The second kappa shape index (κ2) is 6.28. The maximum Gasteiger partial charge on any atom is 0.123 e. The number of hydrogen-bond acceptors (Lipinski definition) is 3. The number of benzene rings is 2. The Hall–Kier alpha value is -1.75. The summed E-state index contributed by atoms with van der Waals surface area (Å²) in [5, 5.41) is 4.59. The minimum Gasteiger partial charge on any atom is -0.488 e. The third-order valence-electron chi connectivity index (χ3n) is 4.29. The van der Waals surface area contributed by atoms with Crippen LogP contribution in [-0.2, 0) is 6.54 Å². The maximum atomic E-state index is 6.30. The first-order chi connectivity index (χ1) is 11.6. The molecule has 0 bridgehead atoms. The number of aryl methyl sites for hydroxylation is 1. The fourth-order valence-electron chi connectivity index (χ4n) is 2.88. The standard InChI is InChI=1S/C18H17Cl2N3O/c1-11-22-17-7-14(24-15-8-21-9-15)3-5-18(17)23(11)10-12-6-13(19)2-4-16(12)20/h2-7,15,21H,8-10H2,1H3. The molecule has 0 amide bonds. The van der Waals surface area contributed by atoms with Crippen LogP contribution in [0.2, 0.25) is 10.0 Å². The summed E-state index contributed by atoms with van der Waals surface area (Å²) >= 11 is 12.4. The minimum absolute atomic E-state index is 0.260. The fraction of sp³-hybridized carbons (Fsp3) is 0.278. The molecule has 0 radical (unpaired) electrons. The van der Waals surface area contributed by atoms with E-state index in [-0.39, 0.29) is 6.10 Å². The molecule has 1 aliphatic heterocycles. The predicted octanol–water partition coefficient (Wildman–Crippen LogP) is 4.05. The number of halogens is 2. The molecule has 24 heavy (non-hydrogen) atoms. The summed E-state index contributed by atoms with van der Waals surface area (Å²) in [6.45, 7) is 4.43. The lowest BCUT2D eigenvalue weighted by atomic mass is 10.2. The Balaban J connectivity index is 1.67. The van der Waals surface area contributed by atoms with Crippen LogP contribution in [0.1, 0.15) is 11.4 Å². The summed E-state index contributed by atoms with van der Waals surface area (Å²) in [6, 6.07) is 11.6. The monoisotopic (exact) mass is 361 g/mol.